The van der Waals surface area contributed by atoms with Gasteiger partial charge in [0.15, 0.2) is 5.96 Å². The molecule has 1 atom stereocenters. The Morgan fingerprint density at radius 1 is 1.23 bits per heavy atom. The average molecular weight is 433 g/mol. The monoisotopic (exact) mass is 432 g/mol. The molecule has 1 aromatic rings. The van der Waals surface area contributed by atoms with Crippen LogP contribution in [0.4, 0.5) is 10.1 Å². The first kappa shape index (κ1) is 23.3. The van der Waals surface area contributed by atoms with Crippen LogP contribution in [0.2, 0.25) is 0 Å². The normalized spacial score (nSPS) is 20.7. The van der Waals surface area contributed by atoms with Gasteiger partial charge in [-0.3, -0.25) is 4.79 Å². The molecule has 1 amide bonds. The van der Waals surface area contributed by atoms with Crippen molar-refractivity contribution in [2.24, 2.45) is 16.6 Å². The first-order valence-electron chi connectivity index (χ1n) is 11.6. The highest BCUT2D eigenvalue weighted by Crippen LogP contribution is 2.23. The van der Waals surface area contributed by atoms with E-state index in [-0.39, 0.29) is 17.6 Å². The Balaban J connectivity index is 1.64. The van der Waals surface area contributed by atoms with E-state index in [0.29, 0.717) is 18.7 Å². The first-order valence-corrected chi connectivity index (χ1v) is 11.6. The third-order valence-corrected chi connectivity index (χ3v) is 6.23. The number of carbonyl (C=O) groups excluding carboxylic acids is 1. The van der Waals surface area contributed by atoms with E-state index in [4.69, 9.17) is 10.7 Å². The molecule has 0 aromatic heterocycles. The van der Waals surface area contributed by atoms with Crippen molar-refractivity contribution < 1.29 is 9.18 Å². The number of nitrogens with zero attached hydrogens (tertiary/aromatic N) is 4. The van der Waals surface area contributed by atoms with Crippen molar-refractivity contribution in [1.82, 2.24) is 15.1 Å². The number of likely N-dealkylation sites (N-methyl/N-ethyl adjacent to an activating group) is 1. The number of benzene rings is 1. The minimum absolute atomic E-state index is 0.179. The smallest absolute Gasteiger partial charge is 0.217 e. The van der Waals surface area contributed by atoms with Gasteiger partial charge in [0.05, 0.1) is 12.2 Å². The minimum Gasteiger partial charge on any atom is -0.370 e. The molecule has 0 spiro atoms. The Labute approximate surface area is 185 Å². The molecule has 0 radical (unpaired) electrons. The number of rotatable bonds is 7. The largest absolute Gasteiger partial charge is 0.370 e. The van der Waals surface area contributed by atoms with Gasteiger partial charge in [0.2, 0.25) is 5.91 Å². The number of carbonyl (C=O) groups is 1. The van der Waals surface area contributed by atoms with Gasteiger partial charge in [0.25, 0.3) is 0 Å². The lowest BCUT2D eigenvalue weighted by atomic mass is 9.95. The molecule has 172 valence electrons. The molecule has 3 N–H and O–H groups in total. The van der Waals surface area contributed by atoms with Crippen LogP contribution in [0, 0.1) is 11.7 Å². The fourth-order valence-corrected chi connectivity index (χ4v) is 4.51. The topological polar surface area (TPSA) is 77.2 Å². The van der Waals surface area contributed by atoms with Gasteiger partial charge in [-0.25, -0.2) is 9.38 Å². The van der Waals surface area contributed by atoms with E-state index in [2.05, 4.69) is 26.9 Å². The summed E-state index contributed by atoms with van der Waals surface area (Å²) in [6, 6.07) is 5.48. The lowest BCUT2D eigenvalue weighted by Gasteiger charge is -2.35. The van der Waals surface area contributed by atoms with Crippen LogP contribution in [0.15, 0.2) is 23.2 Å². The van der Waals surface area contributed by atoms with Crippen LogP contribution < -0.4 is 16.0 Å². The Hall–Kier alpha value is -2.35. The molecule has 7 nitrogen and oxygen atoms in total. The van der Waals surface area contributed by atoms with E-state index in [1.165, 1.54) is 0 Å². The van der Waals surface area contributed by atoms with Crippen LogP contribution in [-0.4, -0.2) is 74.0 Å². The van der Waals surface area contributed by atoms with Crippen molar-refractivity contribution in [3.8, 4) is 0 Å². The third kappa shape index (κ3) is 6.56. The van der Waals surface area contributed by atoms with E-state index < -0.39 is 0 Å². The fraction of sp³-hybridized carbons (Fsp3) is 0.652. The summed E-state index contributed by atoms with van der Waals surface area (Å²) in [5.74, 6) is 0.652. The average Bonchev–Trinajstić information content (AvgIpc) is 2.76. The number of amides is 1. The van der Waals surface area contributed by atoms with Gasteiger partial charge in [-0.15, -0.1) is 0 Å². The highest BCUT2D eigenvalue weighted by molar-refractivity contribution is 5.80. The zero-order valence-electron chi connectivity index (χ0n) is 18.9. The molecule has 3 rings (SSSR count). The summed E-state index contributed by atoms with van der Waals surface area (Å²) in [7, 11) is 0. The third-order valence-electron chi connectivity index (χ3n) is 6.23. The van der Waals surface area contributed by atoms with Crippen LogP contribution in [0.25, 0.3) is 0 Å². The molecule has 1 unspecified atom stereocenters. The molecule has 1 aromatic carbocycles. The molecule has 31 heavy (non-hydrogen) atoms. The number of nitrogens with one attached hydrogen (secondary N) is 1. The molecule has 2 aliphatic heterocycles. The lowest BCUT2D eigenvalue weighted by Crippen LogP contribution is -2.47. The highest BCUT2D eigenvalue weighted by Gasteiger charge is 2.24. The van der Waals surface area contributed by atoms with Crippen molar-refractivity contribution in [3.05, 3.63) is 29.6 Å². The van der Waals surface area contributed by atoms with Gasteiger partial charge in [0, 0.05) is 52.2 Å². The summed E-state index contributed by atoms with van der Waals surface area (Å²) in [5, 5.41) is 3.34. The van der Waals surface area contributed by atoms with Gasteiger partial charge in [-0.2, -0.15) is 0 Å². The van der Waals surface area contributed by atoms with E-state index in [9.17, 15) is 9.18 Å². The van der Waals surface area contributed by atoms with Gasteiger partial charge in [-0.1, -0.05) is 13.0 Å². The number of piperidine rings is 1. The van der Waals surface area contributed by atoms with Gasteiger partial charge < -0.3 is 25.8 Å². The lowest BCUT2D eigenvalue weighted by molar-refractivity contribution is -0.119. The molecule has 0 aliphatic carbocycles. The number of hydrogen-bond donors (Lipinski definition) is 2. The summed E-state index contributed by atoms with van der Waals surface area (Å²) >= 11 is 0. The van der Waals surface area contributed by atoms with Crippen LogP contribution in [0.3, 0.4) is 0 Å². The Bertz CT molecular complexity index is 762. The number of guanidine groups is 1. The molecule has 2 aliphatic rings. The van der Waals surface area contributed by atoms with Gasteiger partial charge in [0.1, 0.15) is 5.82 Å². The summed E-state index contributed by atoms with van der Waals surface area (Å²) in [6.07, 6.45) is 2.43. The Morgan fingerprint density at radius 3 is 2.65 bits per heavy atom. The number of nitrogens with two attached hydrogens (primary N) is 1. The van der Waals surface area contributed by atoms with Crippen LogP contribution in [0.1, 0.15) is 38.7 Å². The second-order valence-electron chi connectivity index (χ2n) is 8.50. The quantitative estimate of drug-likeness (QED) is 0.509. The zero-order valence-corrected chi connectivity index (χ0v) is 18.9. The van der Waals surface area contributed by atoms with E-state index in [0.717, 1.165) is 76.7 Å². The molecule has 8 heteroatoms. The SMILES string of the molecule is CCNC(=NCc1ccc(N2CCN(CC)CC2)c(F)c1)N1CCCC(CC(N)=O)C1. The molecular formula is C23H37FN6O. The predicted octanol–water partition coefficient (Wildman–Crippen LogP) is 2.02. The highest BCUT2D eigenvalue weighted by atomic mass is 19.1. The van der Waals surface area contributed by atoms with Crippen LogP contribution in [0.5, 0.6) is 0 Å². The summed E-state index contributed by atoms with van der Waals surface area (Å²) in [4.78, 5) is 22.8. The second-order valence-corrected chi connectivity index (χ2v) is 8.50. The molecular weight excluding hydrogens is 395 g/mol. The minimum atomic E-state index is -0.250. The van der Waals surface area contributed by atoms with Crippen molar-refractivity contribution >= 4 is 17.6 Å². The number of primary amides is 1. The van der Waals surface area contributed by atoms with Crippen molar-refractivity contribution in [1.29, 1.82) is 0 Å². The van der Waals surface area contributed by atoms with Gasteiger partial charge in [-0.05, 0) is 49.9 Å². The molecule has 2 fully saturated rings. The summed E-state index contributed by atoms with van der Waals surface area (Å²) in [5.41, 5.74) is 6.92. The van der Waals surface area contributed by atoms with Crippen molar-refractivity contribution in [2.45, 2.75) is 39.7 Å². The van der Waals surface area contributed by atoms with E-state index >= 15 is 0 Å². The van der Waals surface area contributed by atoms with Crippen LogP contribution >= 0.6 is 0 Å². The predicted molar refractivity (Wildman–Crippen MR) is 124 cm³/mol. The molecule has 0 saturated carbocycles. The molecule has 0 bridgehead atoms. The summed E-state index contributed by atoms with van der Waals surface area (Å²) in [6.45, 7) is 11.7. The molecule has 2 heterocycles. The molecule has 2 saturated heterocycles. The van der Waals surface area contributed by atoms with E-state index in [1.54, 1.807) is 6.07 Å². The maximum atomic E-state index is 14.8. The summed E-state index contributed by atoms with van der Waals surface area (Å²) < 4.78 is 14.8. The van der Waals surface area contributed by atoms with Gasteiger partial charge >= 0.3 is 0 Å². The number of halogens is 1. The van der Waals surface area contributed by atoms with Crippen molar-refractivity contribution in [3.63, 3.8) is 0 Å². The standard InChI is InChI=1S/C23H37FN6O/c1-3-26-23(30-9-5-6-19(17-30)15-22(25)31)27-16-18-7-8-21(20(24)14-18)29-12-10-28(4-2)11-13-29/h7-8,14,19H,3-6,9-13,15-17H2,1-2H3,(H2,25,31)(H,26,27). The van der Waals surface area contributed by atoms with Crippen molar-refractivity contribution in [2.75, 3.05) is 57.3 Å². The number of hydrogen-bond acceptors (Lipinski definition) is 4. The first-order chi connectivity index (χ1) is 15.0. The number of piperazine rings is 1. The Morgan fingerprint density at radius 2 is 2.00 bits per heavy atom. The fourth-order valence-electron chi connectivity index (χ4n) is 4.51. The van der Waals surface area contributed by atoms with Crippen LogP contribution in [-0.2, 0) is 11.3 Å². The van der Waals surface area contributed by atoms with E-state index in [1.807, 2.05) is 19.1 Å². The maximum Gasteiger partial charge on any atom is 0.217 e. The number of aliphatic imine (C=N–C) groups is 1. The maximum absolute atomic E-state index is 14.8. The zero-order chi connectivity index (χ0) is 22.2. The second kappa shape index (κ2) is 11.3. The number of likely N-dealkylation sites (tertiary alicyclic amines) is 1. The Kier molecular flexibility index (Phi) is 8.51. The number of anilines is 1.